The molecule has 0 N–H and O–H groups in total. The van der Waals surface area contributed by atoms with Crippen LogP contribution in [-0.2, 0) is 0 Å². The first-order valence-corrected chi connectivity index (χ1v) is 8.89. The number of hydrogen-bond acceptors (Lipinski definition) is 4. The molecule has 2 aromatic carbocycles. The van der Waals surface area contributed by atoms with Crippen LogP contribution in [0.4, 0.5) is 10.2 Å². The Hall–Kier alpha value is -2.79. The molecule has 1 aromatic heterocycles. The predicted octanol–water partition coefficient (Wildman–Crippen LogP) is 3.53. The van der Waals surface area contributed by atoms with Crippen molar-refractivity contribution in [3.05, 3.63) is 89.9 Å². The summed E-state index contributed by atoms with van der Waals surface area (Å²) in [5, 5.41) is 8.17. The number of nitrogens with zero attached hydrogens (tertiary/aromatic N) is 4. The molecule has 4 rings (SSSR count). The molecule has 1 unspecified atom stereocenters. The highest BCUT2D eigenvalue weighted by Crippen LogP contribution is 2.31. The average molecular weight is 348 g/mol. The minimum Gasteiger partial charge on any atom is -0.353 e. The Kier molecular flexibility index (Phi) is 4.88. The molecule has 26 heavy (non-hydrogen) atoms. The largest absolute Gasteiger partial charge is 0.353 e. The van der Waals surface area contributed by atoms with Crippen molar-refractivity contribution in [1.29, 1.82) is 0 Å². The fourth-order valence-electron chi connectivity index (χ4n) is 3.59. The van der Waals surface area contributed by atoms with E-state index >= 15 is 0 Å². The first kappa shape index (κ1) is 16.7. The maximum atomic E-state index is 14.6. The van der Waals surface area contributed by atoms with Gasteiger partial charge in [0.25, 0.3) is 0 Å². The lowest BCUT2D eigenvalue weighted by Crippen LogP contribution is -2.48. The average Bonchev–Trinajstić information content (AvgIpc) is 2.72. The van der Waals surface area contributed by atoms with Crippen LogP contribution < -0.4 is 4.90 Å². The normalized spacial score (nSPS) is 16.4. The molecular weight excluding hydrogens is 327 g/mol. The Balaban J connectivity index is 1.59. The van der Waals surface area contributed by atoms with Crippen LogP contribution in [-0.4, -0.2) is 41.3 Å². The molecule has 1 aliphatic rings. The van der Waals surface area contributed by atoms with E-state index in [0.717, 1.165) is 43.1 Å². The van der Waals surface area contributed by atoms with Crippen molar-refractivity contribution in [2.24, 2.45) is 0 Å². The maximum Gasteiger partial charge on any atom is 0.151 e. The van der Waals surface area contributed by atoms with E-state index in [1.54, 1.807) is 18.3 Å². The summed E-state index contributed by atoms with van der Waals surface area (Å²) < 4.78 is 14.6. The zero-order valence-corrected chi connectivity index (χ0v) is 14.5. The standard InChI is InChI=1S/C21H21FN4/c22-19-10-5-4-9-18(19)21(17-7-2-1-3-8-17)26-15-13-25(14-16-26)20-11-6-12-23-24-20/h1-12,21H,13-16H2. The van der Waals surface area contributed by atoms with Gasteiger partial charge in [0, 0.05) is 37.9 Å². The van der Waals surface area contributed by atoms with Crippen molar-refractivity contribution in [1.82, 2.24) is 15.1 Å². The third-order valence-electron chi connectivity index (χ3n) is 4.88. The molecule has 0 amide bonds. The molecule has 1 saturated heterocycles. The van der Waals surface area contributed by atoms with E-state index in [0.29, 0.717) is 0 Å². The molecule has 5 heteroatoms. The molecule has 3 aromatic rings. The summed E-state index contributed by atoms with van der Waals surface area (Å²) in [5.41, 5.74) is 1.84. The van der Waals surface area contributed by atoms with Gasteiger partial charge in [-0.2, -0.15) is 5.10 Å². The number of benzene rings is 2. The molecule has 1 atom stereocenters. The number of anilines is 1. The lowest BCUT2D eigenvalue weighted by Gasteiger charge is -2.40. The Morgan fingerprint density at radius 2 is 1.54 bits per heavy atom. The first-order valence-electron chi connectivity index (χ1n) is 8.89. The molecule has 0 bridgehead atoms. The molecular formula is C21H21FN4. The molecule has 4 nitrogen and oxygen atoms in total. The van der Waals surface area contributed by atoms with Gasteiger partial charge in [-0.3, -0.25) is 4.90 Å². The highest BCUT2D eigenvalue weighted by atomic mass is 19.1. The molecule has 1 aliphatic heterocycles. The van der Waals surface area contributed by atoms with Crippen molar-refractivity contribution >= 4 is 5.82 Å². The lowest BCUT2D eigenvalue weighted by atomic mass is 9.96. The minimum atomic E-state index is -0.155. The molecule has 0 aliphatic carbocycles. The molecule has 2 heterocycles. The highest BCUT2D eigenvalue weighted by molar-refractivity contribution is 5.38. The van der Waals surface area contributed by atoms with Crippen LogP contribution >= 0.6 is 0 Å². The van der Waals surface area contributed by atoms with E-state index in [1.165, 1.54) is 0 Å². The van der Waals surface area contributed by atoms with E-state index in [4.69, 9.17) is 0 Å². The fourth-order valence-corrected chi connectivity index (χ4v) is 3.59. The molecule has 1 fully saturated rings. The second-order valence-corrected chi connectivity index (χ2v) is 6.44. The van der Waals surface area contributed by atoms with Crippen molar-refractivity contribution in [2.75, 3.05) is 31.1 Å². The zero-order valence-electron chi connectivity index (χ0n) is 14.5. The van der Waals surface area contributed by atoms with Crippen LogP contribution in [0.15, 0.2) is 72.9 Å². The Morgan fingerprint density at radius 3 is 2.23 bits per heavy atom. The summed E-state index contributed by atoms with van der Waals surface area (Å²) in [6.45, 7) is 3.36. The smallest absolute Gasteiger partial charge is 0.151 e. The summed E-state index contributed by atoms with van der Waals surface area (Å²) >= 11 is 0. The van der Waals surface area contributed by atoms with Gasteiger partial charge in [-0.25, -0.2) is 4.39 Å². The van der Waals surface area contributed by atoms with Gasteiger partial charge in [0.05, 0.1) is 6.04 Å². The van der Waals surface area contributed by atoms with Gasteiger partial charge in [-0.1, -0.05) is 48.5 Å². The topological polar surface area (TPSA) is 32.3 Å². The number of hydrogen-bond donors (Lipinski definition) is 0. The summed E-state index contributed by atoms with van der Waals surface area (Å²) in [6, 6.07) is 21.1. The monoisotopic (exact) mass is 348 g/mol. The van der Waals surface area contributed by atoms with Gasteiger partial charge in [0.1, 0.15) is 5.82 Å². The van der Waals surface area contributed by atoms with E-state index in [9.17, 15) is 4.39 Å². The van der Waals surface area contributed by atoms with E-state index in [2.05, 4.69) is 32.1 Å². The Bertz CT molecular complexity index is 833. The van der Waals surface area contributed by atoms with Crippen molar-refractivity contribution in [3.8, 4) is 0 Å². The zero-order chi connectivity index (χ0) is 17.8. The lowest BCUT2D eigenvalue weighted by molar-refractivity contribution is 0.208. The van der Waals surface area contributed by atoms with E-state index in [-0.39, 0.29) is 11.9 Å². The summed E-state index contributed by atoms with van der Waals surface area (Å²) in [7, 11) is 0. The van der Waals surface area contributed by atoms with Gasteiger partial charge in [-0.15, -0.1) is 5.10 Å². The van der Waals surface area contributed by atoms with Crippen LogP contribution in [0.25, 0.3) is 0 Å². The minimum absolute atomic E-state index is 0.0820. The number of aromatic nitrogens is 2. The van der Waals surface area contributed by atoms with Crippen LogP contribution in [0.2, 0.25) is 0 Å². The second-order valence-electron chi connectivity index (χ2n) is 6.44. The van der Waals surface area contributed by atoms with Crippen molar-refractivity contribution in [3.63, 3.8) is 0 Å². The summed E-state index contributed by atoms with van der Waals surface area (Å²) in [6.07, 6.45) is 1.68. The predicted molar refractivity (Wildman–Crippen MR) is 101 cm³/mol. The first-order chi connectivity index (χ1) is 12.8. The molecule has 0 radical (unpaired) electrons. The number of rotatable bonds is 4. The van der Waals surface area contributed by atoms with Crippen LogP contribution in [0.1, 0.15) is 17.2 Å². The second kappa shape index (κ2) is 7.62. The Labute approximate surface area is 152 Å². The van der Waals surface area contributed by atoms with Gasteiger partial charge in [-0.05, 0) is 23.8 Å². The quantitative estimate of drug-likeness (QED) is 0.722. The van der Waals surface area contributed by atoms with Gasteiger partial charge < -0.3 is 4.90 Å². The third kappa shape index (κ3) is 3.44. The van der Waals surface area contributed by atoms with E-state index < -0.39 is 0 Å². The van der Waals surface area contributed by atoms with Gasteiger partial charge in [0.15, 0.2) is 5.82 Å². The summed E-state index contributed by atoms with van der Waals surface area (Å²) in [5.74, 6) is 0.743. The van der Waals surface area contributed by atoms with Crippen LogP contribution in [0, 0.1) is 5.82 Å². The van der Waals surface area contributed by atoms with E-state index in [1.807, 2.05) is 42.5 Å². The van der Waals surface area contributed by atoms with Crippen LogP contribution in [0.3, 0.4) is 0 Å². The number of piperazine rings is 1. The molecule has 0 spiro atoms. The van der Waals surface area contributed by atoms with Crippen molar-refractivity contribution < 1.29 is 4.39 Å². The van der Waals surface area contributed by atoms with Gasteiger partial charge >= 0.3 is 0 Å². The summed E-state index contributed by atoms with van der Waals surface area (Å²) in [4.78, 5) is 4.58. The third-order valence-corrected chi connectivity index (χ3v) is 4.88. The highest BCUT2D eigenvalue weighted by Gasteiger charge is 2.28. The Morgan fingerprint density at radius 1 is 0.808 bits per heavy atom. The SMILES string of the molecule is Fc1ccccc1C(c1ccccc1)N1CCN(c2cccnn2)CC1. The molecule has 132 valence electrons. The maximum absolute atomic E-state index is 14.6. The fraction of sp³-hybridized carbons (Fsp3) is 0.238. The number of halogens is 1. The van der Waals surface area contributed by atoms with Crippen molar-refractivity contribution in [2.45, 2.75) is 6.04 Å². The van der Waals surface area contributed by atoms with Crippen LogP contribution in [0.5, 0.6) is 0 Å². The van der Waals surface area contributed by atoms with Gasteiger partial charge in [0.2, 0.25) is 0 Å². The molecule has 0 saturated carbocycles.